The van der Waals surface area contributed by atoms with E-state index < -0.39 is 0 Å². The van der Waals surface area contributed by atoms with Gasteiger partial charge in [-0.2, -0.15) is 4.98 Å². The standard InChI is InChI=1S/C11H12N2O/c1-4-6-7-10-12-9(5-2)8-11(13-10)14-3/h2,6-8H,4H2,1,3H3. The molecule has 1 rings (SSSR count). The summed E-state index contributed by atoms with van der Waals surface area (Å²) in [5.74, 6) is 3.53. The van der Waals surface area contributed by atoms with E-state index in [1.807, 2.05) is 19.1 Å². The van der Waals surface area contributed by atoms with Crippen molar-refractivity contribution in [1.82, 2.24) is 9.97 Å². The average Bonchev–Trinajstić information content (AvgIpc) is 2.25. The third-order valence-electron chi connectivity index (χ3n) is 1.58. The Morgan fingerprint density at radius 1 is 1.57 bits per heavy atom. The molecule has 0 unspecified atom stereocenters. The molecule has 0 radical (unpaired) electrons. The number of rotatable bonds is 3. The molecule has 0 amide bonds. The van der Waals surface area contributed by atoms with Crippen molar-refractivity contribution in [3.05, 3.63) is 23.7 Å². The van der Waals surface area contributed by atoms with Crippen molar-refractivity contribution in [3.8, 4) is 18.2 Å². The predicted octanol–water partition coefficient (Wildman–Crippen LogP) is 1.89. The zero-order chi connectivity index (χ0) is 10.4. The van der Waals surface area contributed by atoms with E-state index in [0.29, 0.717) is 17.4 Å². The van der Waals surface area contributed by atoms with Crippen LogP contribution >= 0.6 is 0 Å². The number of terminal acetylenes is 1. The van der Waals surface area contributed by atoms with Crippen LogP contribution < -0.4 is 4.74 Å². The van der Waals surface area contributed by atoms with Crippen molar-refractivity contribution in [2.45, 2.75) is 13.3 Å². The molecular weight excluding hydrogens is 176 g/mol. The molecule has 0 aliphatic heterocycles. The van der Waals surface area contributed by atoms with Crippen LogP contribution in [0.2, 0.25) is 0 Å². The summed E-state index contributed by atoms with van der Waals surface area (Å²) >= 11 is 0. The molecule has 72 valence electrons. The van der Waals surface area contributed by atoms with Crippen molar-refractivity contribution in [1.29, 1.82) is 0 Å². The minimum absolute atomic E-state index is 0.490. The lowest BCUT2D eigenvalue weighted by Gasteiger charge is -2.00. The first-order chi connectivity index (χ1) is 6.80. The Morgan fingerprint density at radius 2 is 2.36 bits per heavy atom. The first-order valence-electron chi connectivity index (χ1n) is 4.36. The van der Waals surface area contributed by atoms with Crippen LogP contribution in [0, 0.1) is 12.3 Å². The minimum atomic E-state index is 0.490. The highest BCUT2D eigenvalue weighted by Gasteiger charge is 1.99. The number of ether oxygens (including phenoxy) is 1. The van der Waals surface area contributed by atoms with E-state index in [1.165, 1.54) is 0 Å². The fourth-order valence-corrected chi connectivity index (χ4v) is 0.919. The third-order valence-corrected chi connectivity index (χ3v) is 1.58. The fourth-order valence-electron chi connectivity index (χ4n) is 0.919. The van der Waals surface area contributed by atoms with Crippen LogP contribution in [0.5, 0.6) is 5.88 Å². The molecule has 14 heavy (non-hydrogen) atoms. The van der Waals surface area contributed by atoms with Gasteiger partial charge in [0.2, 0.25) is 5.88 Å². The number of hydrogen-bond acceptors (Lipinski definition) is 3. The maximum absolute atomic E-state index is 5.25. The molecule has 0 spiro atoms. The molecular formula is C11H12N2O. The second-order valence-corrected chi connectivity index (χ2v) is 2.61. The molecule has 0 bridgehead atoms. The molecule has 0 aromatic carbocycles. The first-order valence-corrected chi connectivity index (χ1v) is 4.36. The zero-order valence-electron chi connectivity index (χ0n) is 8.32. The number of methoxy groups -OCH3 is 1. The van der Waals surface area contributed by atoms with Gasteiger partial charge in [0, 0.05) is 6.07 Å². The van der Waals surface area contributed by atoms with Gasteiger partial charge in [0.15, 0.2) is 5.82 Å². The highest BCUT2D eigenvalue weighted by molar-refractivity contribution is 5.43. The topological polar surface area (TPSA) is 35.0 Å². The fraction of sp³-hybridized carbons (Fsp3) is 0.273. The molecule has 1 aromatic heterocycles. The van der Waals surface area contributed by atoms with Gasteiger partial charge in [0.1, 0.15) is 5.69 Å². The van der Waals surface area contributed by atoms with Gasteiger partial charge in [-0.15, -0.1) is 6.42 Å². The maximum Gasteiger partial charge on any atom is 0.217 e. The second-order valence-electron chi connectivity index (χ2n) is 2.61. The summed E-state index contributed by atoms with van der Waals surface area (Å²) in [4.78, 5) is 8.24. The number of aromatic nitrogens is 2. The van der Waals surface area contributed by atoms with E-state index in [9.17, 15) is 0 Å². The Kier molecular flexibility index (Phi) is 3.69. The van der Waals surface area contributed by atoms with E-state index in [4.69, 9.17) is 11.2 Å². The average molecular weight is 188 g/mol. The molecule has 0 atom stereocenters. The summed E-state index contributed by atoms with van der Waals surface area (Å²) < 4.78 is 5.00. The number of nitrogens with zero attached hydrogens (tertiary/aromatic N) is 2. The summed E-state index contributed by atoms with van der Waals surface area (Å²) in [5.41, 5.74) is 0.535. The Bertz CT molecular complexity index is 377. The Morgan fingerprint density at radius 3 is 2.93 bits per heavy atom. The van der Waals surface area contributed by atoms with Gasteiger partial charge in [-0.1, -0.05) is 13.0 Å². The van der Waals surface area contributed by atoms with E-state index in [-0.39, 0.29) is 0 Å². The van der Waals surface area contributed by atoms with Crippen molar-refractivity contribution in [2.24, 2.45) is 0 Å². The predicted molar refractivity (Wildman–Crippen MR) is 55.8 cm³/mol. The summed E-state index contributed by atoms with van der Waals surface area (Å²) in [7, 11) is 1.55. The second kappa shape index (κ2) is 5.03. The lowest BCUT2D eigenvalue weighted by Crippen LogP contribution is -1.95. The Balaban J connectivity index is 3.06. The Hall–Kier alpha value is -1.82. The summed E-state index contributed by atoms with van der Waals surface area (Å²) in [5, 5.41) is 0. The normalized spacial score (nSPS) is 10.1. The molecule has 0 saturated heterocycles. The largest absolute Gasteiger partial charge is 0.481 e. The van der Waals surface area contributed by atoms with Crippen LogP contribution in [0.4, 0.5) is 0 Å². The molecule has 0 N–H and O–H groups in total. The van der Waals surface area contributed by atoms with Crippen molar-refractivity contribution in [3.63, 3.8) is 0 Å². The summed E-state index contributed by atoms with van der Waals surface area (Å²) in [6.07, 6.45) is 9.98. The van der Waals surface area contributed by atoms with E-state index in [2.05, 4.69) is 15.9 Å². The highest BCUT2D eigenvalue weighted by atomic mass is 16.5. The molecule has 0 aliphatic carbocycles. The first kappa shape index (κ1) is 10.3. The molecule has 0 saturated carbocycles. The van der Waals surface area contributed by atoms with Gasteiger partial charge in [0.05, 0.1) is 7.11 Å². The summed E-state index contributed by atoms with van der Waals surface area (Å²) in [6, 6.07) is 1.63. The number of hydrogen-bond donors (Lipinski definition) is 0. The van der Waals surface area contributed by atoms with Gasteiger partial charge < -0.3 is 4.74 Å². The molecule has 1 aromatic rings. The van der Waals surface area contributed by atoms with Gasteiger partial charge in [-0.05, 0) is 18.4 Å². The molecule has 3 nitrogen and oxygen atoms in total. The van der Waals surface area contributed by atoms with E-state index in [1.54, 1.807) is 13.2 Å². The van der Waals surface area contributed by atoms with Gasteiger partial charge >= 0.3 is 0 Å². The SMILES string of the molecule is C#Cc1cc(OC)nc(C=CCC)n1. The van der Waals surface area contributed by atoms with E-state index in [0.717, 1.165) is 6.42 Å². The molecule has 0 aliphatic rings. The molecule has 0 fully saturated rings. The minimum Gasteiger partial charge on any atom is -0.481 e. The Labute approximate surface area is 83.8 Å². The highest BCUT2D eigenvalue weighted by Crippen LogP contribution is 2.09. The summed E-state index contributed by atoms with van der Waals surface area (Å²) in [6.45, 7) is 2.04. The maximum atomic E-state index is 5.25. The van der Waals surface area contributed by atoms with Crippen LogP contribution in [-0.4, -0.2) is 17.1 Å². The zero-order valence-corrected chi connectivity index (χ0v) is 8.32. The van der Waals surface area contributed by atoms with Crippen molar-refractivity contribution < 1.29 is 4.74 Å². The van der Waals surface area contributed by atoms with Crippen LogP contribution in [0.25, 0.3) is 6.08 Å². The molecule has 1 heterocycles. The van der Waals surface area contributed by atoms with Crippen LogP contribution in [-0.2, 0) is 0 Å². The van der Waals surface area contributed by atoms with Gasteiger partial charge in [-0.3, -0.25) is 0 Å². The smallest absolute Gasteiger partial charge is 0.217 e. The van der Waals surface area contributed by atoms with Crippen molar-refractivity contribution in [2.75, 3.05) is 7.11 Å². The lowest BCUT2D eigenvalue weighted by molar-refractivity contribution is 0.396. The number of allylic oxidation sites excluding steroid dienone is 1. The monoisotopic (exact) mass is 188 g/mol. The van der Waals surface area contributed by atoms with Crippen LogP contribution in [0.15, 0.2) is 12.1 Å². The van der Waals surface area contributed by atoms with Gasteiger partial charge in [-0.25, -0.2) is 4.98 Å². The van der Waals surface area contributed by atoms with Crippen LogP contribution in [0.3, 0.4) is 0 Å². The van der Waals surface area contributed by atoms with Gasteiger partial charge in [0.25, 0.3) is 0 Å². The third kappa shape index (κ3) is 2.60. The van der Waals surface area contributed by atoms with Crippen LogP contribution in [0.1, 0.15) is 24.9 Å². The molecule has 3 heteroatoms. The van der Waals surface area contributed by atoms with E-state index >= 15 is 0 Å². The lowest BCUT2D eigenvalue weighted by atomic mass is 10.3. The van der Waals surface area contributed by atoms with Crippen molar-refractivity contribution >= 4 is 6.08 Å². The quantitative estimate of drug-likeness (QED) is 0.679.